The van der Waals surface area contributed by atoms with Crippen LogP contribution in [0.15, 0.2) is 0 Å². The van der Waals surface area contributed by atoms with Gasteiger partial charge < -0.3 is 11.1 Å². The molecule has 1 amide bonds. The monoisotopic (exact) mass is 226 g/mol. The molecule has 3 nitrogen and oxygen atoms in total. The zero-order valence-electron chi connectivity index (χ0n) is 10.8. The largest absolute Gasteiger partial charge is 0.352 e. The fraction of sp³-hybridized carbons (Fsp3) is 0.923. The highest BCUT2D eigenvalue weighted by Gasteiger charge is 2.22. The summed E-state index contributed by atoms with van der Waals surface area (Å²) in [6.07, 6.45) is 5.96. The Bertz CT molecular complexity index is 228. The third-order valence-electron chi connectivity index (χ3n) is 3.62. The van der Waals surface area contributed by atoms with E-state index in [4.69, 9.17) is 5.73 Å². The molecule has 1 aliphatic carbocycles. The molecule has 1 fully saturated rings. The Morgan fingerprint density at radius 1 is 1.25 bits per heavy atom. The Kier molecular flexibility index (Phi) is 5.26. The minimum Gasteiger partial charge on any atom is -0.352 e. The van der Waals surface area contributed by atoms with Gasteiger partial charge in [0.2, 0.25) is 5.91 Å². The van der Waals surface area contributed by atoms with Crippen LogP contribution in [0.3, 0.4) is 0 Å². The predicted octanol–water partition coefficient (Wildman–Crippen LogP) is 2.05. The fourth-order valence-electron chi connectivity index (χ4n) is 2.23. The van der Waals surface area contributed by atoms with E-state index in [0.717, 1.165) is 18.8 Å². The minimum atomic E-state index is -0.360. The molecule has 0 aliphatic heterocycles. The van der Waals surface area contributed by atoms with Crippen LogP contribution in [-0.4, -0.2) is 18.0 Å². The van der Waals surface area contributed by atoms with Gasteiger partial charge in [0.1, 0.15) is 0 Å². The number of carbonyl (C=O) groups is 1. The van der Waals surface area contributed by atoms with Crippen LogP contribution in [0, 0.1) is 11.8 Å². The summed E-state index contributed by atoms with van der Waals surface area (Å²) >= 11 is 0. The molecule has 16 heavy (non-hydrogen) atoms. The highest BCUT2D eigenvalue weighted by molar-refractivity contribution is 5.81. The topological polar surface area (TPSA) is 55.1 Å². The molecule has 0 aromatic rings. The van der Waals surface area contributed by atoms with Crippen molar-refractivity contribution in [2.45, 2.75) is 65.0 Å². The molecule has 1 rings (SSSR count). The van der Waals surface area contributed by atoms with Crippen LogP contribution in [-0.2, 0) is 4.79 Å². The van der Waals surface area contributed by atoms with Gasteiger partial charge in [-0.25, -0.2) is 0 Å². The van der Waals surface area contributed by atoms with Crippen molar-refractivity contribution < 1.29 is 4.79 Å². The van der Waals surface area contributed by atoms with Crippen LogP contribution >= 0.6 is 0 Å². The first-order chi connectivity index (χ1) is 7.50. The van der Waals surface area contributed by atoms with Gasteiger partial charge in [-0.1, -0.05) is 33.6 Å². The Hall–Kier alpha value is -0.570. The normalized spacial score (nSPS) is 28.6. The van der Waals surface area contributed by atoms with Crippen LogP contribution in [0.2, 0.25) is 0 Å². The Labute approximate surface area is 99.2 Å². The number of rotatable bonds is 3. The summed E-state index contributed by atoms with van der Waals surface area (Å²) in [6.45, 7) is 6.27. The van der Waals surface area contributed by atoms with E-state index >= 15 is 0 Å². The van der Waals surface area contributed by atoms with Crippen molar-refractivity contribution >= 4 is 5.91 Å². The van der Waals surface area contributed by atoms with E-state index < -0.39 is 0 Å². The second kappa shape index (κ2) is 6.24. The summed E-state index contributed by atoms with van der Waals surface area (Å²) in [7, 11) is 0. The summed E-state index contributed by atoms with van der Waals surface area (Å²) in [5, 5.41) is 3.10. The molecule has 0 saturated heterocycles. The molecule has 3 atom stereocenters. The standard InChI is InChI=1S/C13H26N2O/c1-9(2)12(14)13(16)15-11-6-4-5-10(3)7-8-11/h9-12H,4-8,14H2,1-3H3,(H,15,16)/t10?,11?,12-/m1/s1. The van der Waals surface area contributed by atoms with Crippen molar-refractivity contribution in [3.63, 3.8) is 0 Å². The van der Waals surface area contributed by atoms with Gasteiger partial charge in [0, 0.05) is 6.04 Å². The molecule has 0 bridgehead atoms. The van der Waals surface area contributed by atoms with Crippen molar-refractivity contribution in [2.24, 2.45) is 17.6 Å². The Balaban J connectivity index is 2.38. The van der Waals surface area contributed by atoms with E-state index in [0.29, 0.717) is 6.04 Å². The van der Waals surface area contributed by atoms with Crippen LogP contribution < -0.4 is 11.1 Å². The summed E-state index contributed by atoms with van der Waals surface area (Å²) < 4.78 is 0. The zero-order chi connectivity index (χ0) is 12.1. The van der Waals surface area contributed by atoms with Gasteiger partial charge in [0.05, 0.1) is 6.04 Å². The van der Waals surface area contributed by atoms with Gasteiger partial charge in [-0.3, -0.25) is 4.79 Å². The number of nitrogens with two attached hydrogens (primary N) is 1. The van der Waals surface area contributed by atoms with Gasteiger partial charge in [-0.2, -0.15) is 0 Å². The molecule has 2 unspecified atom stereocenters. The lowest BCUT2D eigenvalue weighted by atomic mass is 10.0. The molecular formula is C13H26N2O. The smallest absolute Gasteiger partial charge is 0.237 e. The maximum absolute atomic E-state index is 11.8. The van der Waals surface area contributed by atoms with E-state index in [-0.39, 0.29) is 17.9 Å². The van der Waals surface area contributed by atoms with Gasteiger partial charge in [-0.05, 0) is 31.1 Å². The van der Waals surface area contributed by atoms with Gasteiger partial charge >= 0.3 is 0 Å². The SMILES string of the molecule is CC1CCCC(NC(=O)[C@H](N)C(C)C)CC1. The third-order valence-corrected chi connectivity index (χ3v) is 3.62. The summed E-state index contributed by atoms with van der Waals surface area (Å²) in [4.78, 5) is 11.8. The zero-order valence-corrected chi connectivity index (χ0v) is 10.8. The highest BCUT2D eigenvalue weighted by atomic mass is 16.2. The first kappa shape index (κ1) is 13.5. The second-order valence-electron chi connectivity index (χ2n) is 5.59. The van der Waals surface area contributed by atoms with Crippen molar-refractivity contribution in [1.82, 2.24) is 5.32 Å². The number of hydrogen-bond donors (Lipinski definition) is 2. The molecule has 0 radical (unpaired) electrons. The Morgan fingerprint density at radius 3 is 2.56 bits per heavy atom. The highest BCUT2D eigenvalue weighted by Crippen LogP contribution is 2.22. The number of amides is 1. The quantitative estimate of drug-likeness (QED) is 0.724. The first-order valence-electron chi connectivity index (χ1n) is 6.56. The average Bonchev–Trinajstić information content (AvgIpc) is 2.42. The van der Waals surface area contributed by atoms with E-state index in [2.05, 4.69) is 12.2 Å². The van der Waals surface area contributed by atoms with Gasteiger partial charge in [-0.15, -0.1) is 0 Å². The maximum Gasteiger partial charge on any atom is 0.237 e. The molecule has 0 heterocycles. The maximum atomic E-state index is 11.8. The molecule has 0 aromatic heterocycles. The number of carbonyl (C=O) groups excluding carboxylic acids is 1. The summed E-state index contributed by atoms with van der Waals surface area (Å²) in [5.41, 5.74) is 5.83. The van der Waals surface area contributed by atoms with Crippen molar-refractivity contribution in [2.75, 3.05) is 0 Å². The molecule has 0 spiro atoms. The van der Waals surface area contributed by atoms with E-state index in [1.54, 1.807) is 0 Å². The molecule has 94 valence electrons. The van der Waals surface area contributed by atoms with Crippen molar-refractivity contribution in [3.8, 4) is 0 Å². The Morgan fingerprint density at radius 2 is 1.94 bits per heavy atom. The van der Waals surface area contributed by atoms with Crippen LogP contribution in [0.1, 0.15) is 52.9 Å². The molecule has 1 aliphatic rings. The summed E-state index contributed by atoms with van der Waals surface area (Å²) in [6, 6.07) is -0.0112. The van der Waals surface area contributed by atoms with Crippen LogP contribution in [0.4, 0.5) is 0 Å². The molecule has 3 heteroatoms. The van der Waals surface area contributed by atoms with Crippen molar-refractivity contribution in [3.05, 3.63) is 0 Å². The van der Waals surface area contributed by atoms with Crippen LogP contribution in [0.25, 0.3) is 0 Å². The van der Waals surface area contributed by atoms with E-state index in [1.165, 1.54) is 19.3 Å². The molecule has 3 N–H and O–H groups in total. The van der Waals surface area contributed by atoms with E-state index in [9.17, 15) is 4.79 Å². The molecule has 1 saturated carbocycles. The lowest BCUT2D eigenvalue weighted by Gasteiger charge is -2.21. The van der Waals surface area contributed by atoms with Gasteiger partial charge in [0.25, 0.3) is 0 Å². The third kappa shape index (κ3) is 4.12. The van der Waals surface area contributed by atoms with Crippen molar-refractivity contribution in [1.29, 1.82) is 0 Å². The lowest BCUT2D eigenvalue weighted by molar-refractivity contribution is -0.124. The van der Waals surface area contributed by atoms with Gasteiger partial charge in [0.15, 0.2) is 0 Å². The number of hydrogen-bond acceptors (Lipinski definition) is 2. The van der Waals surface area contributed by atoms with E-state index in [1.807, 2.05) is 13.8 Å². The average molecular weight is 226 g/mol. The first-order valence-corrected chi connectivity index (χ1v) is 6.56. The predicted molar refractivity (Wildman–Crippen MR) is 67.0 cm³/mol. The molecule has 0 aromatic carbocycles. The fourth-order valence-corrected chi connectivity index (χ4v) is 2.23. The number of nitrogens with one attached hydrogen (secondary N) is 1. The van der Waals surface area contributed by atoms with Crippen LogP contribution in [0.5, 0.6) is 0 Å². The second-order valence-corrected chi connectivity index (χ2v) is 5.59. The summed E-state index contributed by atoms with van der Waals surface area (Å²) in [5.74, 6) is 1.04. The minimum absolute atomic E-state index is 0.0227. The lowest BCUT2D eigenvalue weighted by Crippen LogP contribution is -2.47. The molecular weight excluding hydrogens is 200 g/mol.